The molecule has 0 aliphatic heterocycles. The Kier molecular flexibility index (Phi) is 3.94. The zero-order chi connectivity index (χ0) is 13.1. The molecule has 1 N–H and O–H groups in total. The summed E-state index contributed by atoms with van der Waals surface area (Å²) in [6, 6.07) is 9.30. The lowest BCUT2D eigenvalue weighted by Gasteiger charge is -2.07. The molecular weight excluding hydrogens is 360 g/mol. The number of aromatic nitrogens is 2. The Morgan fingerprint density at radius 1 is 1.22 bits per heavy atom. The third-order valence-electron chi connectivity index (χ3n) is 2.17. The number of nitrogens with one attached hydrogen (secondary N) is 1. The number of nitriles is 1. The van der Waals surface area contributed by atoms with Gasteiger partial charge < -0.3 is 5.32 Å². The molecule has 0 atom stereocenters. The van der Waals surface area contributed by atoms with Gasteiger partial charge in [0, 0.05) is 16.2 Å². The SMILES string of the molecule is Cc1nc(Br)cc(Nc2ccc(C#N)c(Br)c2)n1. The van der Waals surface area contributed by atoms with E-state index in [1.807, 2.05) is 19.1 Å². The van der Waals surface area contributed by atoms with Crippen molar-refractivity contribution in [3.8, 4) is 6.07 Å². The number of rotatable bonds is 2. The summed E-state index contributed by atoms with van der Waals surface area (Å²) in [5.41, 5.74) is 1.45. The van der Waals surface area contributed by atoms with Crippen LogP contribution in [0, 0.1) is 18.3 Å². The van der Waals surface area contributed by atoms with Gasteiger partial charge in [0.15, 0.2) is 0 Å². The van der Waals surface area contributed by atoms with E-state index in [4.69, 9.17) is 5.26 Å². The standard InChI is InChI=1S/C12H8Br2N4/c1-7-16-11(14)5-12(17-7)18-9-3-2-8(6-15)10(13)4-9/h2-5H,1H3,(H,16,17,18). The first-order chi connectivity index (χ1) is 8.58. The van der Waals surface area contributed by atoms with E-state index in [1.54, 1.807) is 12.1 Å². The summed E-state index contributed by atoms with van der Waals surface area (Å²) in [6.07, 6.45) is 0. The van der Waals surface area contributed by atoms with Gasteiger partial charge in [-0.1, -0.05) is 0 Å². The first kappa shape index (κ1) is 13.0. The van der Waals surface area contributed by atoms with Gasteiger partial charge in [0.1, 0.15) is 22.3 Å². The molecule has 6 heteroatoms. The average Bonchev–Trinajstić information content (AvgIpc) is 2.27. The number of benzene rings is 1. The van der Waals surface area contributed by atoms with Gasteiger partial charge in [-0.2, -0.15) is 5.26 Å². The highest BCUT2D eigenvalue weighted by Gasteiger charge is 2.03. The Hall–Kier alpha value is -1.45. The molecule has 1 heterocycles. The van der Waals surface area contributed by atoms with E-state index in [1.165, 1.54) is 0 Å². The Bertz CT molecular complexity index is 614. The molecule has 0 amide bonds. The first-order valence-corrected chi connectivity index (χ1v) is 6.65. The number of nitrogens with zero attached hydrogens (tertiary/aromatic N) is 3. The minimum atomic E-state index is 0.598. The highest BCUT2D eigenvalue weighted by Crippen LogP contribution is 2.23. The van der Waals surface area contributed by atoms with E-state index in [0.717, 1.165) is 14.8 Å². The lowest BCUT2D eigenvalue weighted by atomic mass is 10.2. The topological polar surface area (TPSA) is 61.6 Å². The zero-order valence-corrected chi connectivity index (χ0v) is 12.6. The van der Waals surface area contributed by atoms with Crippen LogP contribution in [0.15, 0.2) is 33.3 Å². The summed E-state index contributed by atoms with van der Waals surface area (Å²) >= 11 is 6.67. The van der Waals surface area contributed by atoms with Crippen molar-refractivity contribution in [1.82, 2.24) is 9.97 Å². The predicted octanol–water partition coefficient (Wildman–Crippen LogP) is 3.93. The Morgan fingerprint density at radius 3 is 2.61 bits per heavy atom. The van der Waals surface area contributed by atoms with Crippen molar-refractivity contribution < 1.29 is 0 Å². The molecule has 2 aromatic rings. The van der Waals surface area contributed by atoms with Crippen LogP contribution in [0.4, 0.5) is 11.5 Å². The Morgan fingerprint density at radius 2 is 2.00 bits per heavy atom. The Balaban J connectivity index is 2.29. The van der Waals surface area contributed by atoms with Gasteiger partial charge in [0.25, 0.3) is 0 Å². The van der Waals surface area contributed by atoms with E-state index < -0.39 is 0 Å². The van der Waals surface area contributed by atoms with E-state index >= 15 is 0 Å². The van der Waals surface area contributed by atoms with E-state index in [9.17, 15) is 0 Å². The van der Waals surface area contributed by atoms with Crippen molar-refractivity contribution in [3.05, 3.63) is 44.7 Å². The van der Waals surface area contributed by atoms with E-state index in [-0.39, 0.29) is 0 Å². The van der Waals surface area contributed by atoms with Crippen molar-refractivity contribution >= 4 is 43.4 Å². The molecule has 1 aromatic carbocycles. The van der Waals surface area contributed by atoms with E-state index in [2.05, 4.69) is 53.2 Å². The molecule has 4 nitrogen and oxygen atoms in total. The van der Waals surface area contributed by atoms with Crippen molar-refractivity contribution in [2.45, 2.75) is 6.92 Å². The minimum absolute atomic E-state index is 0.598. The number of hydrogen-bond donors (Lipinski definition) is 1. The molecule has 0 saturated carbocycles. The molecule has 0 aliphatic rings. The smallest absolute Gasteiger partial charge is 0.135 e. The van der Waals surface area contributed by atoms with Crippen molar-refractivity contribution in [3.63, 3.8) is 0 Å². The molecule has 0 aliphatic carbocycles. The number of halogens is 2. The second-order valence-electron chi connectivity index (χ2n) is 3.55. The average molecular weight is 368 g/mol. The summed E-state index contributed by atoms with van der Waals surface area (Å²) in [5.74, 6) is 1.38. The second kappa shape index (κ2) is 5.46. The predicted molar refractivity (Wildman–Crippen MR) is 76.6 cm³/mol. The third-order valence-corrected chi connectivity index (χ3v) is 3.23. The lowest BCUT2D eigenvalue weighted by molar-refractivity contribution is 1.04. The zero-order valence-electron chi connectivity index (χ0n) is 9.41. The second-order valence-corrected chi connectivity index (χ2v) is 5.22. The molecule has 0 unspecified atom stereocenters. The number of hydrogen-bond acceptors (Lipinski definition) is 4. The Labute approximate surface area is 121 Å². The van der Waals surface area contributed by atoms with Crippen LogP contribution < -0.4 is 5.32 Å². The summed E-state index contributed by atoms with van der Waals surface area (Å²) in [6.45, 7) is 1.82. The lowest BCUT2D eigenvalue weighted by Crippen LogP contribution is -1.97. The minimum Gasteiger partial charge on any atom is -0.340 e. The number of aryl methyl sites for hydroxylation is 1. The van der Waals surface area contributed by atoms with Crippen LogP contribution in [0.25, 0.3) is 0 Å². The molecule has 0 bridgehead atoms. The molecule has 0 saturated heterocycles. The van der Waals surface area contributed by atoms with Gasteiger partial charge in [-0.05, 0) is 57.0 Å². The van der Waals surface area contributed by atoms with Gasteiger partial charge in [-0.3, -0.25) is 0 Å². The van der Waals surface area contributed by atoms with Crippen molar-refractivity contribution in [2.24, 2.45) is 0 Å². The van der Waals surface area contributed by atoms with Gasteiger partial charge >= 0.3 is 0 Å². The van der Waals surface area contributed by atoms with Crippen LogP contribution in [-0.4, -0.2) is 9.97 Å². The fourth-order valence-electron chi connectivity index (χ4n) is 1.43. The fraction of sp³-hybridized carbons (Fsp3) is 0.0833. The highest BCUT2D eigenvalue weighted by atomic mass is 79.9. The molecule has 0 fully saturated rings. The quantitative estimate of drug-likeness (QED) is 0.817. The van der Waals surface area contributed by atoms with Crippen molar-refractivity contribution in [2.75, 3.05) is 5.32 Å². The number of anilines is 2. The van der Waals surface area contributed by atoms with Gasteiger partial charge in [0.05, 0.1) is 5.56 Å². The molecule has 90 valence electrons. The highest BCUT2D eigenvalue weighted by molar-refractivity contribution is 9.10. The summed E-state index contributed by atoms with van der Waals surface area (Å²) in [7, 11) is 0. The van der Waals surface area contributed by atoms with Crippen molar-refractivity contribution in [1.29, 1.82) is 5.26 Å². The molecule has 0 spiro atoms. The molecular formula is C12H8Br2N4. The van der Waals surface area contributed by atoms with Crippen LogP contribution in [-0.2, 0) is 0 Å². The maximum Gasteiger partial charge on any atom is 0.135 e. The molecule has 18 heavy (non-hydrogen) atoms. The largest absolute Gasteiger partial charge is 0.340 e. The van der Waals surface area contributed by atoms with Crippen LogP contribution >= 0.6 is 31.9 Å². The first-order valence-electron chi connectivity index (χ1n) is 5.06. The van der Waals surface area contributed by atoms with Gasteiger partial charge in [-0.25, -0.2) is 9.97 Å². The summed E-state index contributed by atoms with van der Waals surface area (Å²) in [5, 5.41) is 12.0. The van der Waals surface area contributed by atoms with Crippen LogP contribution in [0.3, 0.4) is 0 Å². The monoisotopic (exact) mass is 366 g/mol. The fourth-order valence-corrected chi connectivity index (χ4v) is 2.37. The summed E-state index contributed by atoms with van der Waals surface area (Å²) < 4.78 is 1.48. The van der Waals surface area contributed by atoms with E-state index in [0.29, 0.717) is 17.2 Å². The van der Waals surface area contributed by atoms with Gasteiger partial charge in [0.2, 0.25) is 0 Å². The van der Waals surface area contributed by atoms with Crippen LogP contribution in [0.5, 0.6) is 0 Å². The maximum atomic E-state index is 8.84. The van der Waals surface area contributed by atoms with Crippen LogP contribution in [0.1, 0.15) is 11.4 Å². The van der Waals surface area contributed by atoms with Gasteiger partial charge in [-0.15, -0.1) is 0 Å². The third kappa shape index (κ3) is 3.06. The maximum absolute atomic E-state index is 8.84. The normalized spacial score (nSPS) is 9.89. The summed E-state index contributed by atoms with van der Waals surface area (Å²) in [4.78, 5) is 8.40. The molecule has 0 radical (unpaired) electrons. The van der Waals surface area contributed by atoms with Crippen LogP contribution in [0.2, 0.25) is 0 Å². The molecule has 2 rings (SSSR count). The molecule has 1 aromatic heterocycles.